The molecule has 8 heteroatoms. The van der Waals surface area contributed by atoms with Gasteiger partial charge < -0.3 is 14.1 Å². The van der Waals surface area contributed by atoms with Gasteiger partial charge in [0.2, 0.25) is 0 Å². The third-order valence-electron chi connectivity index (χ3n) is 3.73. The zero-order valence-corrected chi connectivity index (χ0v) is 16.6. The van der Waals surface area contributed by atoms with E-state index < -0.39 is 5.97 Å². The van der Waals surface area contributed by atoms with E-state index in [1.807, 2.05) is 30.3 Å². The van der Waals surface area contributed by atoms with Crippen molar-refractivity contribution in [2.75, 3.05) is 6.61 Å². The van der Waals surface area contributed by atoms with Crippen LogP contribution < -0.4 is 4.74 Å². The Balaban J connectivity index is 1.67. The molecule has 0 amide bonds. The fourth-order valence-corrected chi connectivity index (χ4v) is 2.83. The fourth-order valence-electron chi connectivity index (χ4n) is 2.37. The van der Waals surface area contributed by atoms with Crippen molar-refractivity contribution in [2.24, 2.45) is 5.16 Å². The molecule has 144 valence electrons. The maximum Gasteiger partial charge on any atom is 0.371 e. The van der Waals surface area contributed by atoms with E-state index in [0.29, 0.717) is 33.0 Å². The van der Waals surface area contributed by atoms with Crippen LogP contribution in [0, 0.1) is 6.92 Å². The minimum Gasteiger partial charge on any atom is -0.486 e. The van der Waals surface area contributed by atoms with E-state index in [1.165, 1.54) is 0 Å². The van der Waals surface area contributed by atoms with E-state index in [0.717, 1.165) is 5.56 Å². The van der Waals surface area contributed by atoms with Gasteiger partial charge in [-0.15, -0.1) is 0 Å². The monoisotopic (exact) mass is 418 g/mol. The first-order chi connectivity index (χ1) is 13.5. The summed E-state index contributed by atoms with van der Waals surface area (Å²) < 4.78 is 10.7. The highest BCUT2D eigenvalue weighted by molar-refractivity contribution is 6.35. The number of carbonyl (C=O) groups is 1. The number of aryl methyl sites for hydroxylation is 1. The average molecular weight is 419 g/mol. The fraction of sp³-hybridized carbons (Fsp3) is 0.150. The van der Waals surface area contributed by atoms with E-state index in [2.05, 4.69) is 10.3 Å². The molecule has 0 N–H and O–H groups in total. The normalized spacial score (nSPS) is 11.4. The van der Waals surface area contributed by atoms with Crippen molar-refractivity contribution in [2.45, 2.75) is 13.8 Å². The SMILES string of the molecule is CC(COc1ccc(Cl)cc1Cl)=NOC(=O)c1c(-c2ccccc2)noc1C. The number of benzene rings is 2. The molecule has 1 aromatic heterocycles. The molecule has 3 rings (SSSR count). The summed E-state index contributed by atoms with van der Waals surface area (Å²) in [5, 5.41) is 8.66. The van der Waals surface area contributed by atoms with Gasteiger partial charge in [-0.1, -0.05) is 63.8 Å². The van der Waals surface area contributed by atoms with E-state index in [4.69, 9.17) is 37.3 Å². The Bertz CT molecular complexity index is 1020. The second kappa shape index (κ2) is 8.91. The summed E-state index contributed by atoms with van der Waals surface area (Å²) in [6.07, 6.45) is 0. The van der Waals surface area contributed by atoms with Crippen LogP contribution in [0.5, 0.6) is 5.75 Å². The number of hydrogen-bond donors (Lipinski definition) is 0. The predicted octanol–water partition coefficient (Wildman–Crippen LogP) is 5.57. The molecule has 0 aliphatic heterocycles. The van der Waals surface area contributed by atoms with Gasteiger partial charge in [0.25, 0.3) is 0 Å². The number of ether oxygens (including phenoxy) is 1. The molecule has 0 fully saturated rings. The minimum atomic E-state index is -0.665. The lowest BCUT2D eigenvalue weighted by molar-refractivity contribution is 0.0512. The van der Waals surface area contributed by atoms with Crippen LogP contribution >= 0.6 is 23.2 Å². The zero-order chi connectivity index (χ0) is 20.1. The van der Waals surface area contributed by atoms with Crippen LogP contribution in [0.25, 0.3) is 11.3 Å². The molecular formula is C20H16Cl2N2O4. The molecule has 28 heavy (non-hydrogen) atoms. The number of halogens is 2. The van der Waals surface area contributed by atoms with Crippen LogP contribution in [0.15, 0.2) is 58.2 Å². The van der Waals surface area contributed by atoms with Gasteiger partial charge in [0.05, 0.1) is 10.7 Å². The summed E-state index contributed by atoms with van der Waals surface area (Å²) in [6, 6.07) is 14.1. The van der Waals surface area contributed by atoms with Gasteiger partial charge in [-0.05, 0) is 32.0 Å². The second-order valence-electron chi connectivity index (χ2n) is 5.90. The number of nitrogens with zero attached hydrogens (tertiary/aromatic N) is 2. The molecule has 1 heterocycles. The molecule has 0 radical (unpaired) electrons. The summed E-state index contributed by atoms with van der Waals surface area (Å²) >= 11 is 11.9. The Morgan fingerprint density at radius 1 is 1.18 bits per heavy atom. The van der Waals surface area contributed by atoms with E-state index in [9.17, 15) is 4.79 Å². The van der Waals surface area contributed by atoms with E-state index >= 15 is 0 Å². The molecule has 0 saturated carbocycles. The third kappa shape index (κ3) is 4.71. The van der Waals surface area contributed by atoms with Gasteiger partial charge in [-0.3, -0.25) is 0 Å². The van der Waals surface area contributed by atoms with Gasteiger partial charge in [0.1, 0.15) is 29.4 Å². The molecule has 0 spiro atoms. The van der Waals surface area contributed by atoms with E-state index in [1.54, 1.807) is 32.0 Å². The highest BCUT2D eigenvalue weighted by Crippen LogP contribution is 2.28. The highest BCUT2D eigenvalue weighted by atomic mass is 35.5. The molecule has 0 aliphatic rings. The predicted molar refractivity (Wildman–Crippen MR) is 107 cm³/mol. The Morgan fingerprint density at radius 3 is 2.64 bits per heavy atom. The van der Waals surface area contributed by atoms with Crippen LogP contribution in [0.1, 0.15) is 23.0 Å². The molecule has 3 aromatic rings. The summed E-state index contributed by atoms with van der Waals surface area (Å²) in [5.74, 6) is 0.135. The van der Waals surface area contributed by atoms with Crippen LogP contribution in [-0.2, 0) is 4.84 Å². The van der Waals surface area contributed by atoms with Crippen LogP contribution in [0.4, 0.5) is 0 Å². The molecule has 0 atom stereocenters. The Hall–Kier alpha value is -2.83. The van der Waals surface area contributed by atoms with E-state index in [-0.39, 0.29) is 12.2 Å². The number of carbonyl (C=O) groups excluding carboxylic acids is 1. The molecule has 0 aliphatic carbocycles. The molecule has 0 saturated heterocycles. The Kier molecular flexibility index (Phi) is 6.34. The lowest BCUT2D eigenvalue weighted by Gasteiger charge is -2.07. The lowest BCUT2D eigenvalue weighted by Crippen LogP contribution is -2.11. The lowest BCUT2D eigenvalue weighted by atomic mass is 10.1. The van der Waals surface area contributed by atoms with Crippen LogP contribution in [0.2, 0.25) is 10.0 Å². The Labute approximate surface area is 171 Å². The maximum absolute atomic E-state index is 12.5. The van der Waals surface area contributed by atoms with Gasteiger partial charge >= 0.3 is 5.97 Å². The topological polar surface area (TPSA) is 73.9 Å². The minimum absolute atomic E-state index is 0.0861. The first-order valence-corrected chi connectivity index (χ1v) is 9.05. The molecule has 0 unspecified atom stereocenters. The van der Waals surface area contributed by atoms with Crippen molar-refractivity contribution in [1.82, 2.24) is 5.16 Å². The van der Waals surface area contributed by atoms with Gasteiger partial charge in [-0.2, -0.15) is 0 Å². The van der Waals surface area contributed by atoms with Crippen molar-refractivity contribution in [3.05, 3.63) is 69.9 Å². The number of rotatable bonds is 6. The molecule has 0 bridgehead atoms. The van der Waals surface area contributed by atoms with Gasteiger partial charge in [-0.25, -0.2) is 4.79 Å². The largest absolute Gasteiger partial charge is 0.486 e. The van der Waals surface area contributed by atoms with Crippen LogP contribution in [-0.4, -0.2) is 23.4 Å². The number of hydrogen-bond acceptors (Lipinski definition) is 6. The summed E-state index contributed by atoms with van der Waals surface area (Å²) in [5.41, 5.74) is 1.81. The van der Waals surface area contributed by atoms with Gasteiger partial charge in [0.15, 0.2) is 0 Å². The van der Waals surface area contributed by atoms with Crippen molar-refractivity contribution >= 4 is 34.9 Å². The second-order valence-corrected chi connectivity index (χ2v) is 6.74. The van der Waals surface area contributed by atoms with Crippen molar-refractivity contribution in [3.8, 4) is 17.0 Å². The van der Waals surface area contributed by atoms with Gasteiger partial charge in [0, 0.05) is 10.6 Å². The molecular weight excluding hydrogens is 403 g/mol. The smallest absolute Gasteiger partial charge is 0.371 e. The first kappa shape index (κ1) is 19.9. The number of oxime groups is 1. The molecule has 2 aromatic carbocycles. The standard InChI is InChI=1S/C20H16Cl2N2O4/c1-12(11-26-17-9-8-15(21)10-16(17)22)23-28-20(25)18-13(2)27-24-19(18)14-6-4-3-5-7-14/h3-10H,11H2,1-2H3. The zero-order valence-electron chi connectivity index (χ0n) is 15.1. The first-order valence-electron chi connectivity index (χ1n) is 8.30. The summed E-state index contributed by atoms with van der Waals surface area (Å²) in [7, 11) is 0. The quantitative estimate of drug-likeness (QED) is 0.297. The number of aromatic nitrogens is 1. The molecule has 6 nitrogen and oxygen atoms in total. The van der Waals surface area contributed by atoms with Crippen molar-refractivity contribution in [3.63, 3.8) is 0 Å². The summed E-state index contributed by atoms with van der Waals surface area (Å²) in [6.45, 7) is 3.39. The Morgan fingerprint density at radius 2 is 1.93 bits per heavy atom. The average Bonchev–Trinajstić information content (AvgIpc) is 3.07. The highest BCUT2D eigenvalue weighted by Gasteiger charge is 2.23. The van der Waals surface area contributed by atoms with Crippen LogP contribution in [0.3, 0.4) is 0 Å². The third-order valence-corrected chi connectivity index (χ3v) is 4.26. The maximum atomic E-state index is 12.5. The van der Waals surface area contributed by atoms with Crippen molar-refractivity contribution < 1.29 is 18.9 Å². The van der Waals surface area contributed by atoms with Crippen molar-refractivity contribution in [1.29, 1.82) is 0 Å². The summed E-state index contributed by atoms with van der Waals surface area (Å²) in [4.78, 5) is 17.5.